The Labute approximate surface area is 125 Å². The van der Waals surface area contributed by atoms with Gasteiger partial charge >= 0.3 is 0 Å². The van der Waals surface area contributed by atoms with E-state index in [9.17, 15) is 0 Å². The van der Waals surface area contributed by atoms with Crippen molar-refractivity contribution >= 4 is 11.6 Å². The highest BCUT2D eigenvalue weighted by Gasteiger charge is 2.10. The number of rotatable bonds is 7. The van der Waals surface area contributed by atoms with Crippen LogP contribution in [0, 0.1) is 6.92 Å². The Morgan fingerprint density at radius 1 is 1.10 bits per heavy atom. The summed E-state index contributed by atoms with van der Waals surface area (Å²) in [7, 11) is 0. The Balaban J connectivity index is 2.20. The summed E-state index contributed by atoms with van der Waals surface area (Å²) in [5.74, 6) is 2.63. The third-order valence-corrected chi connectivity index (χ3v) is 3.09. The molecule has 0 saturated heterocycles. The van der Waals surface area contributed by atoms with Crippen molar-refractivity contribution < 1.29 is 0 Å². The molecule has 0 unspecified atom stereocenters. The van der Waals surface area contributed by atoms with Crippen molar-refractivity contribution in [3.8, 4) is 0 Å². The smallest absolute Gasteiger partial charge is 0.135 e. The van der Waals surface area contributed by atoms with Crippen LogP contribution < -0.4 is 10.6 Å². The lowest BCUT2D eigenvalue weighted by molar-refractivity contribution is 0.829. The second kappa shape index (κ2) is 7.52. The van der Waals surface area contributed by atoms with Gasteiger partial charge in [0.05, 0.1) is 12.2 Å². The molecule has 2 aromatic rings. The Bertz CT molecular complexity index is 570. The van der Waals surface area contributed by atoms with Gasteiger partial charge in [-0.2, -0.15) is 0 Å². The lowest BCUT2D eigenvalue weighted by atomic mass is 10.2. The van der Waals surface area contributed by atoms with Crippen molar-refractivity contribution in [2.24, 2.45) is 0 Å². The van der Waals surface area contributed by atoms with Crippen LogP contribution in [-0.4, -0.2) is 26.5 Å². The minimum absolute atomic E-state index is 0.623. The van der Waals surface area contributed by atoms with Crippen molar-refractivity contribution in [1.29, 1.82) is 0 Å². The third-order valence-electron chi connectivity index (χ3n) is 3.09. The first-order chi connectivity index (χ1) is 10.2. The van der Waals surface area contributed by atoms with Crippen LogP contribution in [0.25, 0.3) is 0 Å². The number of nitrogens with one attached hydrogen (secondary N) is 2. The Hall–Kier alpha value is -2.24. The maximum Gasteiger partial charge on any atom is 0.135 e. The van der Waals surface area contributed by atoms with Gasteiger partial charge in [0.15, 0.2) is 0 Å². The molecule has 6 heteroatoms. The number of aryl methyl sites for hydroxylation is 1. The normalized spacial score (nSPS) is 10.4. The third kappa shape index (κ3) is 4.11. The van der Waals surface area contributed by atoms with Gasteiger partial charge in [-0.3, -0.25) is 0 Å². The van der Waals surface area contributed by atoms with Crippen LogP contribution in [0.5, 0.6) is 0 Å². The Kier molecular flexibility index (Phi) is 5.43. The van der Waals surface area contributed by atoms with Crippen LogP contribution in [0.2, 0.25) is 0 Å². The van der Waals surface area contributed by atoms with Gasteiger partial charge in [-0.15, -0.1) is 0 Å². The zero-order valence-electron chi connectivity index (χ0n) is 12.8. The summed E-state index contributed by atoms with van der Waals surface area (Å²) >= 11 is 0. The van der Waals surface area contributed by atoms with E-state index in [2.05, 4.69) is 44.4 Å². The van der Waals surface area contributed by atoms with Crippen LogP contribution in [-0.2, 0) is 13.0 Å². The molecular weight excluding hydrogens is 264 g/mol. The average Bonchev–Trinajstić information content (AvgIpc) is 2.50. The molecule has 0 spiro atoms. The predicted molar refractivity (Wildman–Crippen MR) is 84.3 cm³/mol. The van der Waals surface area contributed by atoms with Gasteiger partial charge in [0, 0.05) is 24.7 Å². The van der Waals surface area contributed by atoms with Crippen molar-refractivity contribution in [3.63, 3.8) is 0 Å². The van der Waals surface area contributed by atoms with E-state index in [0.717, 1.165) is 48.1 Å². The molecule has 0 radical (unpaired) electrons. The SMILES string of the molecule is CCCc1nc(NCC)c(C)c(NCc2ccncn2)n1. The quantitative estimate of drug-likeness (QED) is 0.814. The molecule has 0 saturated carbocycles. The molecular formula is C15H22N6. The fourth-order valence-electron chi connectivity index (χ4n) is 2.01. The zero-order valence-corrected chi connectivity index (χ0v) is 12.8. The van der Waals surface area contributed by atoms with E-state index < -0.39 is 0 Å². The molecule has 2 aromatic heterocycles. The van der Waals surface area contributed by atoms with E-state index in [1.54, 1.807) is 12.5 Å². The van der Waals surface area contributed by atoms with E-state index in [1.165, 1.54) is 0 Å². The summed E-state index contributed by atoms with van der Waals surface area (Å²) in [6.45, 7) is 7.68. The van der Waals surface area contributed by atoms with Gasteiger partial charge in [-0.05, 0) is 26.3 Å². The molecule has 21 heavy (non-hydrogen) atoms. The summed E-state index contributed by atoms with van der Waals surface area (Å²) in [4.78, 5) is 17.3. The molecule has 0 aliphatic heterocycles. The molecule has 112 valence electrons. The minimum atomic E-state index is 0.623. The first kappa shape index (κ1) is 15.2. The van der Waals surface area contributed by atoms with Crippen molar-refractivity contribution in [2.45, 2.75) is 40.2 Å². The van der Waals surface area contributed by atoms with Crippen molar-refractivity contribution in [2.75, 3.05) is 17.2 Å². The highest BCUT2D eigenvalue weighted by Crippen LogP contribution is 2.20. The van der Waals surface area contributed by atoms with Gasteiger partial charge in [0.1, 0.15) is 23.8 Å². The second-order valence-electron chi connectivity index (χ2n) is 4.80. The molecule has 0 aliphatic rings. The summed E-state index contributed by atoms with van der Waals surface area (Å²) in [6, 6.07) is 1.89. The molecule has 0 bridgehead atoms. The monoisotopic (exact) mass is 286 g/mol. The maximum absolute atomic E-state index is 4.61. The molecule has 0 aromatic carbocycles. The average molecular weight is 286 g/mol. The Morgan fingerprint density at radius 3 is 2.48 bits per heavy atom. The minimum Gasteiger partial charge on any atom is -0.370 e. The van der Waals surface area contributed by atoms with Gasteiger partial charge < -0.3 is 10.6 Å². The molecule has 6 nitrogen and oxygen atoms in total. The number of hydrogen-bond donors (Lipinski definition) is 2. The van der Waals surface area contributed by atoms with Crippen LogP contribution >= 0.6 is 0 Å². The van der Waals surface area contributed by atoms with Crippen LogP contribution in [0.3, 0.4) is 0 Å². The zero-order chi connectivity index (χ0) is 15.1. The maximum atomic E-state index is 4.61. The standard InChI is InChI=1S/C15H22N6/c1-4-6-13-20-14(17-5-2)11(3)15(21-13)18-9-12-7-8-16-10-19-12/h7-8,10H,4-6,9H2,1-3H3,(H2,17,18,20,21). The highest BCUT2D eigenvalue weighted by molar-refractivity contribution is 5.57. The molecule has 0 fully saturated rings. The first-order valence-electron chi connectivity index (χ1n) is 7.34. The summed E-state index contributed by atoms with van der Waals surface area (Å²) in [5, 5.41) is 6.64. The first-order valence-corrected chi connectivity index (χ1v) is 7.34. The fourth-order valence-corrected chi connectivity index (χ4v) is 2.01. The number of anilines is 2. The Morgan fingerprint density at radius 2 is 1.86 bits per heavy atom. The van der Waals surface area contributed by atoms with Crippen molar-refractivity contribution in [3.05, 3.63) is 35.7 Å². The van der Waals surface area contributed by atoms with Gasteiger partial charge in [0.2, 0.25) is 0 Å². The summed E-state index contributed by atoms with van der Waals surface area (Å²) in [6.07, 6.45) is 5.20. The van der Waals surface area contributed by atoms with Gasteiger partial charge in [-0.25, -0.2) is 19.9 Å². The van der Waals surface area contributed by atoms with E-state index in [4.69, 9.17) is 0 Å². The fraction of sp³-hybridized carbons (Fsp3) is 0.467. The van der Waals surface area contributed by atoms with Crippen molar-refractivity contribution in [1.82, 2.24) is 19.9 Å². The van der Waals surface area contributed by atoms with Crippen LogP contribution in [0.4, 0.5) is 11.6 Å². The predicted octanol–water partition coefficient (Wildman–Crippen LogP) is 2.57. The van der Waals surface area contributed by atoms with Gasteiger partial charge in [-0.1, -0.05) is 6.92 Å². The topological polar surface area (TPSA) is 75.6 Å². The lowest BCUT2D eigenvalue weighted by Gasteiger charge is -2.14. The van der Waals surface area contributed by atoms with Crippen LogP contribution in [0.1, 0.15) is 37.4 Å². The molecule has 2 N–H and O–H groups in total. The summed E-state index contributed by atoms with van der Waals surface area (Å²) in [5.41, 5.74) is 1.97. The van der Waals surface area contributed by atoms with Gasteiger partial charge in [0.25, 0.3) is 0 Å². The molecule has 2 heterocycles. The van der Waals surface area contributed by atoms with E-state index in [0.29, 0.717) is 6.54 Å². The highest BCUT2D eigenvalue weighted by atomic mass is 15.1. The number of aromatic nitrogens is 4. The van der Waals surface area contributed by atoms with E-state index in [-0.39, 0.29) is 0 Å². The van der Waals surface area contributed by atoms with E-state index in [1.807, 2.05) is 13.0 Å². The number of nitrogens with zero attached hydrogens (tertiary/aromatic N) is 4. The summed E-state index contributed by atoms with van der Waals surface area (Å²) < 4.78 is 0. The lowest BCUT2D eigenvalue weighted by Crippen LogP contribution is -2.11. The molecule has 2 rings (SSSR count). The van der Waals surface area contributed by atoms with Crippen LogP contribution in [0.15, 0.2) is 18.6 Å². The largest absolute Gasteiger partial charge is 0.370 e. The molecule has 0 atom stereocenters. The molecule has 0 aliphatic carbocycles. The second-order valence-corrected chi connectivity index (χ2v) is 4.80. The molecule has 0 amide bonds. The number of hydrogen-bond acceptors (Lipinski definition) is 6. The van der Waals surface area contributed by atoms with E-state index >= 15 is 0 Å².